The molecule has 0 saturated heterocycles. The largest absolute Gasteiger partial charge is 0.376 e. The zero-order valence-electron chi connectivity index (χ0n) is 11.5. The number of methoxy groups -OCH3 is 1. The SMILES string of the molecule is CCCNC(c1cccnc1)C1(OC)CCCC1. The molecule has 1 atom stereocenters. The van der Waals surface area contributed by atoms with E-state index in [4.69, 9.17) is 4.74 Å². The van der Waals surface area contributed by atoms with Crippen molar-refractivity contribution in [3.05, 3.63) is 30.1 Å². The number of hydrogen-bond acceptors (Lipinski definition) is 3. The molecule has 0 amide bonds. The Hall–Kier alpha value is -0.930. The quantitative estimate of drug-likeness (QED) is 0.840. The highest BCUT2D eigenvalue weighted by atomic mass is 16.5. The lowest BCUT2D eigenvalue weighted by molar-refractivity contribution is -0.0368. The third-order valence-corrected chi connectivity index (χ3v) is 4.00. The van der Waals surface area contributed by atoms with Crippen molar-refractivity contribution in [3.63, 3.8) is 0 Å². The summed E-state index contributed by atoms with van der Waals surface area (Å²) in [6.07, 6.45) is 9.73. The van der Waals surface area contributed by atoms with Gasteiger partial charge >= 0.3 is 0 Å². The average Bonchev–Trinajstić information content (AvgIpc) is 2.90. The molecule has 1 aromatic heterocycles. The molecule has 1 heterocycles. The maximum absolute atomic E-state index is 5.92. The molecule has 3 heteroatoms. The average molecular weight is 248 g/mol. The van der Waals surface area contributed by atoms with Crippen molar-refractivity contribution in [2.75, 3.05) is 13.7 Å². The normalized spacial score (nSPS) is 19.9. The summed E-state index contributed by atoms with van der Waals surface area (Å²) in [4.78, 5) is 4.25. The van der Waals surface area contributed by atoms with Gasteiger partial charge in [-0.1, -0.05) is 25.8 Å². The fourth-order valence-electron chi connectivity index (χ4n) is 3.03. The van der Waals surface area contributed by atoms with Crippen LogP contribution in [0.4, 0.5) is 0 Å². The third-order valence-electron chi connectivity index (χ3n) is 4.00. The molecule has 2 rings (SSSR count). The molecule has 1 aromatic rings. The Kier molecular flexibility index (Phi) is 4.72. The zero-order chi connectivity index (χ0) is 12.8. The van der Waals surface area contributed by atoms with Crippen LogP contribution < -0.4 is 5.32 Å². The van der Waals surface area contributed by atoms with Crippen LogP contribution in [0.1, 0.15) is 50.6 Å². The summed E-state index contributed by atoms with van der Waals surface area (Å²) in [7, 11) is 1.85. The Morgan fingerprint density at radius 3 is 2.78 bits per heavy atom. The maximum atomic E-state index is 5.92. The van der Waals surface area contributed by atoms with Gasteiger partial charge in [-0.15, -0.1) is 0 Å². The molecule has 3 nitrogen and oxygen atoms in total. The molecule has 1 N–H and O–H groups in total. The summed E-state index contributed by atoms with van der Waals surface area (Å²) in [5, 5.41) is 3.65. The second-order valence-corrected chi connectivity index (χ2v) is 5.15. The summed E-state index contributed by atoms with van der Waals surface area (Å²) < 4.78 is 5.92. The van der Waals surface area contributed by atoms with E-state index in [1.54, 1.807) is 0 Å². The number of hydrogen-bond donors (Lipinski definition) is 1. The van der Waals surface area contributed by atoms with E-state index in [0.29, 0.717) is 0 Å². The van der Waals surface area contributed by atoms with Crippen molar-refractivity contribution in [1.82, 2.24) is 10.3 Å². The Morgan fingerprint density at radius 2 is 2.22 bits per heavy atom. The second kappa shape index (κ2) is 6.30. The van der Waals surface area contributed by atoms with Crippen LogP contribution in [-0.2, 0) is 4.74 Å². The predicted molar refractivity (Wildman–Crippen MR) is 73.5 cm³/mol. The zero-order valence-corrected chi connectivity index (χ0v) is 11.5. The first-order valence-electron chi connectivity index (χ1n) is 7.01. The molecular weight excluding hydrogens is 224 g/mol. The van der Waals surface area contributed by atoms with Crippen molar-refractivity contribution in [2.45, 2.75) is 50.7 Å². The fraction of sp³-hybridized carbons (Fsp3) is 0.667. The Balaban J connectivity index is 2.24. The summed E-state index contributed by atoms with van der Waals surface area (Å²) in [5.74, 6) is 0. The lowest BCUT2D eigenvalue weighted by atomic mass is 9.87. The molecular formula is C15H24N2O. The minimum Gasteiger partial charge on any atom is -0.376 e. The standard InChI is InChI=1S/C15H24N2O/c1-3-10-17-14(13-7-6-11-16-12-13)15(18-2)8-4-5-9-15/h6-7,11-12,14,17H,3-5,8-10H2,1-2H3. The minimum absolute atomic E-state index is 0.0434. The Bertz CT molecular complexity index is 347. The number of aromatic nitrogens is 1. The smallest absolute Gasteiger partial charge is 0.0873 e. The number of nitrogens with zero attached hydrogens (tertiary/aromatic N) is 1. The molecule has 0 spiro atoms. The minimum atomic E-state index is -0.0434. The van der Waals surface area contributed by atoms with E-state index < -0.39 is 0 Å². The van der Waals surface area contributed by atoms with E-state index in [1.165, 1.54) is 18.4 Å². The number of nitrogens with one attached hydrogen (secondary N) is 1. The summed E-state index contributed by atoms with van der Waals surface area (Å²) in [5.41, 5.74) is 1.20. The van der Waals surface area contributed by atoms with Crippen LogP contribution in [0, 0.1) is 0 Å². The van der Waals surface area contributed by atoms with E-state index >= 15 is 0 Å². The van der Waals surface area contributed by atoms with Gasteiger partial charge < -0.3 is 10.1 Å². The van der Waals surface area contributed by atoms with Crippen LogP contribution in [0.25, 0.3) is 0 Å². The Morgan fingerprint density at radius 1 is 1.44 bits per heavy atom. The highest BCUT2D eigenvalue weighted by Gasteiger charge is 2.42. The van der Waals surface area contributed by atoms with Crippen LogP contribution in [0.15, 0.2) is 24.5 Å². The van der Waals surface area contributed by atoms with Crippen molar-refractivity contribution in [2.24, 2.45) is 0 Å². The number of ether oxygens (including phenoxy) is 1. The monoisotopic (exact) mass is 248 g/mol. The second-order valence-electron chi connectivity index (χ2n) is 5.15. The van der Waals surface area contributed by atoms with Crippen molar-refractivity contribution in [3.8, 4) is 0 Å². The van der Waals surface area contributed by atoms with Gasteiger partial charge in [0.2, 0.25) is 0 Å². The molecule has 0 aromatic carbocycles. The predicted octanol–water partition coefficient (Wildman–Crippen LogP) is 3.08. The molecule has 1 aliphatic rings. The van der Waals surface area contributed by atoms with Gasteiger partial charge in [0.1, 0.15) is 0 Å². The molecule has 1 aliphatic carbocycles. The van der Waals surface area contributed by atoms with E-state index in [1.807, 2.05) is 25.6 Å². The van der Waals surface area contributed by atoms with Gasteiger partial charge in [0, 0.05) is 19.5 Å². The highest BCUT2D eigenvalue weighted by Crippen LogP contribution is 2.42. The topological polar surface area (TPSA) is 34.2 Å². The lowest BCUT2D eigenvalue weighted by Gasteiger charge is -2.37. The first-order chi connectivity index (χ1) is 8.82. The number of pyridine rings is 1. The fourth-order valence-corrected chi connectivity index (χ4v) is 3.03. The van der Waals surface area contributed by atoms with Crippen LogP contribution in [0.5, 0.6) is 0 Å². The van der Waals surface area contributed by atoms with E-state index in [0.717, 1.165) is 25.8 Å². The lowest BCUT2D eigenvalue weighted by Crippen LogP contribution is -2.43. The molecule has 18 heavy (non-hydrogen) atoms. The van der Waals surface area contributed by atoms with Crippen molar-refractivity contribution in [1.29, 1.82) is 0 Å². The van der Waals surface area contributed by atoms with Crippen molar-refractivity contribution >= 4 is 0 Å². The summed E-state index contributed by atoms with van der Waals surface area (Å²) in [6.45, 7) is 3.21. The first-order valence-corrected chi connectivity index (χ1v) is 7.01. The molecule has 1 unspecified atom stereocenters. The maximum Gasteiger partial charge on any atom is 0.0873 e. The van der Waals surface area contributed by atoms with Crippen LogP contribution in [0.2, 0.25) is 0 Å². The molecule has 100 valence electrons. The molecule has 1 saturated carbocycles. The van der Waals surface area contributed by atoms with Crippen LogP contribution >= 0.6 is 0 Å². The summed E-state index contributed by atoms with van der Waals surface area (Å²) in [6, 6.07) is 4.42. The van der Waals surface area contributed by atoms with Crippen molar-refractivity contribution < 1.29 is 4.74 Å². The van der Waals surface area contributed by atoms with E-state index in [2.05, 4.69) is 23.3 Å². The molecule has 1 fully saturated rings. The number of rotatable bonds is 6. The van der Waals surface area contributed by atoms with Gasteiger partial charge in [0.25, 0.3) is 0 Å². The molecule has 0 radical (unpaired) electrons. The van der Waals surface area contributed by atoms with Crippen LogP contribution in [-0.4, -0.2) is 24.2 Å². The van der Waals surface area contributed by atoms with Gasteiger partial charge in [0.05, 0.1) is 11.6 Å². The third kappa shape index (κ3) is 2.73. The van der Waals surface area contributed by atoms with Gasteiger partial charge in [-0.25, -0.2) is 0 Å². The van der Waals surface area contributed by atoms with Gasteiger partial charge in [-0.2, -0.15) is 0 Å². The summed E-state index contributed by atoms with van der Waals surface area (Å²) >= 11 is 0. The van der Waals surface area contributed by atoms with Crippen LogP contribution in [0.3, 0.4) is 0 Å². The van der Waals surface area contributed by atoms with Gasteiger partial charge in [-0.05, 0) is 37.4 Å². The first kappa shape index (κ1) is 13.5. The van der Waals surface area contributed by atoms with E-state index in [-0.39, 0.29) is 11.6 Å². The van der Waals surface area contributed by atoms with Gasteiger partial charge in [-0.3, -0.25) is 4.98 Å². The highest BCUT2D eigenvalue weighted by molar-refractivity contribution is 5.19. The Labute approximate surface area is 110 Å². The molecule has 0 aliphatic heterocycles. The molecule has 0 bridgehead atoms. The van der Waals surface area contributed by atoms with Gasteiger partial charge in [0.15, 0.2) is 0 Å². The van der Waals surface area contributed by atoms with E-state index in [9.17, 15) is 0 Å².